The minimum atomic E-state index is -3.71. The Morgan fingerprint density at radius 3 is 2.53 bits per heavy atom. The number of hydrogen-bond donors (Lipinski definition) is 3. The number of urea groups is 1. The van der Waals surface area contributed by atoms with Gasteiger partial charge in [0.2, 0.25) is 10.0 Å². The molecule has 2 saturated heterocycles. The van der Waals surface area contributed by atoms with E-state index in [0.717, 1.165) is 38.0 Å². The molecule has 192 valence electrons. The molecule has 1 aromatic carbocycles. The van der Waals surface area contributed by atoms with Gasteiger partial charge in [-0.3, -0.25) is 9.69 Å². The summed E-state index contributed by atoms with van der Waals surface area (Å²) in [5, 5.41) is 13.1. The smallest absolute Gasteiger partial charge is 0.324 e. The number of sulfonamides is 1. The van der Waals surface area contributed by atoms with Gasteiger partial charge < -0.3 is 15.3 Å². The zero-order chi connectivity index (χ0) is 23.8. The van der Waals surface area contributed by atoms with Crippen LogP contribution in [0, 0.1) is 5.92 Å². The van der Waals surface area contributed by atoms with Crippen LogP contribution in [0.2, 0.25) is 0 Å². The molecule has 34 heavy (non-hydrogen) atoms. The molecule has 2 aliphatic heterocycles. The van der Waals surface area contributed by atoms with Gasteiger partial charge in [0, 0.05) is 18.8 Å². The zero-order valence-electron chi connectivity index (χ0n) is 19.7. The van der Waals surface area contributed by atoms with Crippen LogP contribution in [0.25, 0.3) is 0 Å². The summed E-state index contributed by atoms with van der Waals surface area (Å²) in [4.78, 5) is 28.7. The van der Waals surface area contributed by atoms with Crippen molar-refractivity contribution < 1.29 is 23.1 Å². The van der Waals surface area contributed by atoms with Gasteiger partial charge in [0.25, 0.3) is 0 Å². The van der Waals surface area contributed by atoms with Gasteiger partial charge in [-0.2, -0.15) is 0 Å². The molecule has 3 rings (SSSR count). The van der Waals surface area contributed by atoms with E-state index in [1.54, 1.807) is 9.80 Å². The maximum absolute atomic E-state index is 13.3. The van der Waals surface area contributed by atoms with E-state index in [2.05, 4.69) is 10.0 Å². The van der Waals surface area contributed by atoms with Crippen molar-refractivity contribution in [3.8, 4) is 0 Å². The fraction of sp³-hybridized carbons (Fsp3) is 0.652. The Kier molecular flexibility index (Phi) is 11.1. The van der Waals surface area contributed by atoms with Crippen LogP contribution in [0.4, 0.5) is 10.5 Å². The van der Waals surface area contributed by atoms with E-state index < -0.39 is 28.1 Å². The standard InChI is InChI=1S/C23H36N4O5S.ClH/c1-2-3-15-33(31,32)25-21(22(28)29)16-20-17-27(19-7-5-4-6-8-19)23(30)26(20)14-11-18-9-12-24-13-10-18;/h4-8,18,20-21,24-25H,2-3,9-17H2,1H3,(H,28,29);1H. The SMILES string of the molecule is CCCCS(=O)(=O)NC(CC1CN(c2ccccc2)C(=O)N1CCC1CCNCC1)C(=O)O.Cl. The average Bonchev–Trinajstić information content (AvgIpc) is 3.12. The molecule has 0 spiro atoms. The Morgan fingerprint density at radius 1 is 1.24 bits per heavy atom. The Hall–Kier alpha value is -1.88. The van der Waals surface area contributed by atoms with E-state index in [1.807, 2.05) is 37.3 Å². The molecular weight excluding hydrogens is 480 g/mol. The predicted octanol–water partition coefficient (Wildman–Crippen LogP) is 2.67. The Morgan fingerprint density at radius 2 is 1.91 bits per heavy atom. The van der Waals surface area contributed by atoms with E-state index in [4.69, 9.17) is 0 Å². The fourth-order valence-corrected chi connectivity index (χ4v) is 5.99. The molecule has 0 radical (unpaired) electrons. The molecule has 0 saturated carbocycles. The van der Waals surface area contributed by atoms with Crippen LogP contribution in [-0.4, -0.2) is 74.4 Å². The summed E-state index contributed by atoms with van der Waals surface area (Å²) in [6, 6.07) is 7.48. The van der Waals surface area contributed by atoms with Gasteiger partial charge in [-0.25, -0.2) is 17.9 Å². The lowest BCUT2D eigenvalue weighted by Crippen LogP contribution is -2.47. The average molecular weight is 517 g/mol. The van der Waals surface area contributed by atoms with Crippen LogP contribution in [0.1, 0.15) is 45.4 Å². The maximum Gasteiger partial charge on any atom is 0.324 e. The first-order chi connectivity index (χ1) is 15.8. The lowest BCUT2D eigenvalue weighted by atomic mass is 9.94. The highest BCUT2D eigenvalue weighted by Crippen LogP contribution is 2.28. The van der Waals surface area contributed by atoms with Crippen LogP contribution in [0.15, 0.2) is 30.3 Å². The summed E-state index contributed by atoms with van der Waals surface area (Å²) >= 11 is 0. The summed E-state index contributed by atoms with van der Waals surface area (Å²) < 4.78 is 27.1. The normalized spacial score (nSPS) is 20.3. The number of anilines is 1. The first-order valence-electron chi connectivity index (χ1n) is 11.9. The minimum Gasteiger partial charge on any atom is -0.480 e. The molecule has 3 N–H and O–H groups in total. The summed E-state index contributed by atoms with van der Waals surface area (Å²) in [5.41, 5.74) is 0.757. The number of carboxylic acids is 1. The molecule has 2 unspecified atom stereocenters. The highest BCUT2D eigenvalue weighted by atomic mass is 35.5. The lowest BCUT2D eigenvalue weighted by molar-refractivity contribution is -0.139. The van der Waals surface area contributed by atoms with Crippen LogP contribution in [0.3, 0.4) is 0 Å². The van der Waals surface area contributed by atoms with Crippen molar-refractivity contribution in [2.24, 2.45) is 5.92 Å². The number of nitrogens with one attached hydrogen (secondary N) is 2. The van der Waals surface area contributed by atoms with Gasteiger partial charge in [-0.1, -0.05) is 31.5 Å². The number of carbonyl (C=O) groups excluding carboxylic acids is 1. The van der Waals surface area contributed by atoms with Crippen molar-refractivity contribution in [1.29, 1.82) is 0 Å². The second-order valence-corrected chi connectivity index (χ2v) is 10.8. The number of carboxylic acid groups (broad SMARTS) is 1. The summed E-state index contributed by atoms with van der Waals surface area (Å²) in [6.45, 7) is 4.69. The fourth-order valence-electron chi connectivity index (χ4n) is 4.58. The number of carbonyl (C=O) groups is 2. The number of benzene rings is 1. The Labute approximate surface area is 208 Å². The molecule has 11 heteroatoms. The summed E-state index contributed by atoms with van der Waals surface area (Å²) in [7, 11) is -3.71. The van der Waals surface area contributed by atoms with E-state index in [9.17, 15) is 23.1 Å². The number of nitrogens with zero attached hydrogens (tertiary/aromatic N) is 2. The number of aliphatic carboxylic acids is 1. The third-order valence-corrected chi connectivity index (χ3v) is 7.98. The molecule has 2 amide bonds. The molecule has 0 aromatic heterocycles. The number of piperidine rings is 1. The van der Waals surface area contributed by atoms with Crippen LogP contribution in [-0.2, 0) is 14.8 Å². The van der Waals surface area contributed by atoms with E-state index >= 15 is 0 Å². The van der Waals surface area contributed by atoms with E-state index in [1.165, 1.54) is 0 Å². The number of amides is 2. The van der Waals surface area contributed by atoms with Crippen LogP contribution < -0.4 is 14.9 Å². The van der Waals surface area contributed by atoms with Crippen LogP contribution >= 0.6 is 12.4 Å². The second kappa shape index (κ2) is 13.3. The van der Waals surface area contributed by atoms with Crippen molar-refractivity contribution in [2.45, 2.75) is 57.5 Å². The first kappa shape index (κ1) is 28.4. The van der Waals surface area contributed by atoms with Gasteiger partial charge in [-0.15, -0.1) is 12.4 Å². The number of rotatable bonds is 12. The molecule has 2 atom stereocenters. The number of unbranched alkanes of at least 4 members (excludes halogenated alkanes) is 1. The van der Waals surface area contributed by atoms with Crippen molar-refractivity contribution in [3.63, 3.8) is 0 Å². The van der Waals surface area contributed by atoms with Gasteiger partial charge >= 0.3 is 12.0 Å². The van der Waals surface area contributed by atoms with Crippen molar-refractivity contribution >= 4 is 40.1 Å². The van der Waals surface area contributed by atoms with Gasteiger partial charge in [0.1, 0.15) is 6.04 Å². The van der Waals surface area contributed by atoms with Crippen molar-refractivity contribution in [2.75, 3.05) is 36.8 Å². The minimum absolute atomic E-state index is 0. The van der Waals surface area contributed by atoms with Crippen molar-refractivity contribution in [3.05, 3.63) is 30.3 Å². The predicted molar refractivity (Wildman–Crippen MR) is 135 cm³/mol. The molecule has 2 aliphatic rings. The second-order valence-electron chi connectivity index (χ2n) is 8.97. The lowest BCUT2D eigenvalue weighted by Gasteiger charge is -2.29. The molecule has 0 bridgehead atoms. The summed E-state index contributed by atoms with van der Waals surface area (Å²) in [6.07, 6.45) is 4.17. The van der Waals surface area contributed by atoms with Gasteiger partial charge in [0.05, 0.1) is 11.8 Å². The van der Waals surface area contributed by atoms with Crippen LogP contribution in [0.5, 0.6) is 0 Å². The van der Waals surface area contributed by atoms with E-state index in [-0.39, 0.29) is 30.6 Å². The third-order valence-electron chi connectivity index (χ3n) is 6.51. The molecule has 9 nitrogen and oxygen atoms in total. The quantitative estimate of drug-likeness (QED) is 0.393. The Balaban J connectivity index is 0.00000408. The molecule has 2 fully saturated rings. The molecule has 1 aromatic rings. The van der Waals surface area contributed by atoms with Gasteiger partial charge in [0.15, 0.2) is 0 Å². The number of para-hydroxylation sites is 1. The number of hydrogen-bond acceptors (Lipinski definition) is 5. The maximum atomic E-state index is 13.3. The monoisotopic (exact) mass is 516 g/mol. The van der Waals surface area contributed by atoms with E-state index in [0.29, 0.717) is 31.8 Å². The first-order valence-corrected chi connectivity index (χ1v) is 13.5. The third kappa shape index (κ3) is 7.83. The molecule has 0 aliphatic carbocycles. The zero-order valence-corrected chi connectivity index (χ0v) is 21.3. The largest absolute Gasteiger partial charge is 0.480 e. The number of halogens is 1. The summed E-state index contributed by atoms with van der Waals surface area (Å²) in [5.74, 6) is -0.806. The van der Waals surface area contributed by atoms with Gasteiger partial charge in [-0.05, 0) is 63.2 Å². The molecular formula is C23H37ClN4O5S. The highest BCUT2D eigenvalue weighted by molar-refractivity contribution is 7.89. The highest BCUT2D eigenvalue weighted by Gasteiger charge is 2.40. The Bertz CT molecular complexity index is 896. The topological polar surface area (TPSA) is 119 Å². The molecule has 2 heterocycles. The van der Waals surface area contributed by atoms with Crippen molar-refractivity contribution in [1.82, 2.24) is 14.9 Å².